The van der Waals surface area contributed by atoms with Crippen LogP contribution in [0.15, 0.2) is 29.4 Å². The second-order valence-corrected chi connectivity index (χ2v) is 7.68. The lowest BCUT2D eigenvalue weighted by Crippen LogP contribution is -2.41. The molecule has 0 saturated carbocycles. The first-order valence-corrected chi connectivity index (χ1v) is 8.11. The molecule has 2 heterocycles. The van der Waals surface area contributed by atoms with Gasteiger partial charge in [-0.1, -0.05) is 26.8 Å². The van der Waals surface area contributed by atoms with E-state index in [1.54, 1.807) is 24.4 Å². The number of hydrogen-bond donors (Lipinski definition) is 3. The van der Waals surface area contributed by atoms with Crippen LogP contribution in [0.5, 0.6) is 0 Å². The van der Waals surface area contributed by atoms with Crippen molar-refractivity contribution in [2.24, 2.45) is 11.3 Å². The van der Waals surface area contributed by atoms with Gasteiger partial charge in [-0.25, -0.2) is 24.0 Å². The molecule has 1 atom stereocenters. The minimum absolute atomic E-state index is 0.0108. The van der Waals surface area contributed by atoms with Crippen molar-refractivity contribution in [2.75, 3.05) is 5.43 Å². The SMILES string of the molecule is CC(NS(=O)(=O)c1c(NN)nc2ccccn12)C(C)(C)C. The third-order valence-corrected chi connectivity index (χ3v) is 5.07. The quantitative estimate of drug-likeness (QED) is 0.584. The molecular formula is C13H21N5O2S. The van der Waals surface area contributed by atoms with E-state index < -0.39 is 10.0 Å². The first-order chi connectivity index (χ1) is 9.66. The van der Waals surface area contributed by atoms with Gasteiger partial charge in [0, 0.05) is 12.2 Å². The summed E-state index contributed by atoms with van der Waals surface area (Å²) in [4.78, 5) is 4.17. The number of fused-ring (bicyclic) bond motifs is 1. The van der Waals surface area contributed by atoms with Gasteiger partial charge in [0.15, 0.2) is 10.8 Å². The third-order valence-electron chi connectivity index (χ3n) is 3.51. The molecular weight excluding hydrogens is 290 g/mol. The number of sulfonamides is 1. The van der Waals surface area contributed by atoms with Gasteiger partial charge >= 0.3 is 0 Å². The number of hydrogen-bond acceptors (Lipinski definition) is 5. The zero-order valence-corrected chi connectivity index (χ0v) is 13.4. The van der Waals surface area contributed by atoms with Crippen LogP contribution < -0.4 is 16.0 Å². The smallest absolute Gasteiger partial charge is 0.260 e. The molecule has 0 aliphatic rings. The largest absolute Gasteiger partial charge is 0.306 e. The molecule has 0 aliphatic heterocycles. The summed E-state index contributed by atoms with van der Waals surface area (Å²) in [5, 5.41) is 0.0108. The van der Waals surface area contributed by atoms with E-state index in [1.807, 2.05) is 27.7 Å². The van der Waals surface area contributed by atoms with Crippen molar-refractivity contribution < 1.29 is 8.42 Å². The van der Waals surface area contributed by atoms with Gasteiger partial charge in [-0.15, -0.1) is 0 Å². The average Bonchev–Trinajstić information content (AvgIpc) is 2.76. The van der Waals surface area contributed by atoms with Gasteiger partial charge in [-0.3, -0.25) is 4.40 Å². The molecule has 2 rings (SSSR count). The van der Waals surface area contributed by atoms with Gasteiger partial charge in [0.1, 0.15) is 5.65 Å². The number of pyridine rings is 1. The lowest BCUT2D eigenvalue weighted by atomic mass is 9.89. The molecule has 2 aromatic rings. The molecule has 2 aromatic heterocycles. The number of anilines is 1. The van der Waals surface area contributed by atoms with E-state index in [9.17, 15) is 8.42 Å². The van der Waals surface area contributed by atoms with Crippen LogP contribution >= 0.6 is 0 Å². The summed E-state index contributed by atoms with van der Waals surface area (Å²) in [5.74, 6) is 5.53. The maximum atomic E-state index is 12.7. The summed E-state index contributed by atoms with van der Waals surface area (Å²) < 4.78 is 29.5. The van der Waals surface area contributed by atoms with Crippen LogP contribution in [0.25, 0.3) is 5.65 Å². The number of imidazole rings is 1. The van der Waals surface area contributed by atoms with Crippen LogP contribution in [0.3, 0.4) is 0 Å². The van der Waals surface area contributed by atoms with Crippen molar-refractivity contribution in [3.05, 3.63) is 24.4 Å². The summed E-state index contributed by atoms with van der Waals surface area (Å²) in [6.07, 6.45) is 1.64. The molecule has 0 aliphatic carbocycles. The van der Waals surface area contributed by atoms with Crippen molar-refractivity contribution in [1.82, 2.24) is 14.1 Å². The van der Waals surface area contributed by atoms with E-state index >= 15 is 0 Å². The minimum atomic E-state index is -3.76. The van der Waals surface area contributed by atoms with Crippen molar-refractivity contribution >= 4 is 21.5 Å². The molecule has 0 amide bonds. The van der Waals surface area contributed by atoms with Gasteiger partial charge in [0.2, 0.25) is 0 Å². The Bertz CT molecular complexity index is 745. The number of nitrogens with zero attached hydrogens (tertiary/aromatic N) is 2. The maximum Gasteiger partial charge on any atom is 0.260 e. The lowest BCUT2D eigenvalue weighted by molar-refractivity contribution is 0.317. The predicted molar refractivity (Wildman–Crippen MR) is 82.2 cm³/mol. The van der Waals surface area contributed by atoms with Crippen LogP contribution in [0.1, 0.15) is 27.7 Å². The Morgan fingerprint density at radius 1 is 1.33 bits per heavy atom. The molecule has 8 heteroatoms. The van der Waals surface area contributed by atoms with Crippen LogP contribution in [0.4, 0.5) is 5.82 Å². The second-order valence-electron chi connectivity index (χ2n) is 6.05. The lowest BCUT2D eigenvalue weighted by Gasteiger charge is -2.27. The molecule has 0 bridgehead atoms. The second kappa shape index (κ2) is 5.28. The number of nitrogens with two attached hydrogens (primary N) is 1. The van der Waals surface area contributed by atoms with E-state index in [-0.39, 0.29) is 22.3 Å². The fourth-order valence-corrected chi connectivity index (χ4v) is 3.49. The van der Waals surface area contributed by atoms with Gasteiger partial charge in [0.25, 0.3) is 10.0 Å². The number of nitrogen functional groups attached to an aromatic ring is 1. The molecule has 0 radical (unpaired) electrons. The Hall–Kier alpha value is -1.64. The Balaban J connectivity index is 2.54. The number of nitrogens with one attached hydrogen (secondary N) is 2. The molecule has 0 saturated heterocycles. The fourth-order valence-electron chi connectivity index (χ4n) is 1.79. The van der Waals surface area contributed by atoms with E-state index in [2.05, 4.69) is 15.1 Å². The highest BCUT2D eigenvalue weighted by Gasteiger charge is 2.30. The van der Waals surface area contributed by atoms with Crippen LogP contribution in [-0.2, 0) is 10.0 Å². The molecule has 1 unspecified atom stereocenters. The third kappa shape index (κ3) is 3.02. The summed E-state index contributed by atoms with van der Waals surface area (Å²) in [6, 6.07) is 4.99. The number of hydrazine groups is 1. The van der Waals surface area contributed by atoms with Crippen LogP contribution in [-0.4, -0.2) is 23.8 Å². The number of rotatable bonds is 4. The van der Waals surface area contributed by atoms with E-state index in [0.717, 1.165) is 0 Å². The summed E-state index contributed by atoms with van der Waals surface area (Å²) in [6.45, 7) is 7.74. The van der Waals surface area contributed by atoms with Gasteiger partial charge in [0.05, 0.1) is 0 Å². The maximum absolute atomic E-state index is 12.7. The van der Waals surface area contributed by atoms with Crippen molar-refractivity contribution in [2.45, 2.75) is 38.8 Å². The van der Waals surface area contributed by atoms with E-state index in [1.165, 1.54) is 4.40 Å². The Labute approximate surface area is 124 Å². The van der Waals surface area contributed by atoms with E-state index in [4.69, 9.17) is 5.84 Å². The number of aromatic nitrogens is 2. The van der Waals surface area contributed by atoms with Gasteiger partial charge in [-0.05, 0) is 24.5 Å². The van der Waals surface area contributed by atoms with E-state index in [0.29, 0.717) is 5.65 Å². The van der Waals surface area contributed by atoms with Gasteiger partial charge in [-0.2, -0.15) is 0 Å². The van der Waals surface area contributed by atoms with Crippen molar-refractivity contribution in [1.29, 1.82) is 0 Å². The standard InChI is InChI=1S/C13H21N5O2S/c1-9(13(2,3)4)17-21(19,20)12-11(16-14)15-10-7-5-6-8-18(10)12/h5-9,16-17H,14H2,1-4H3. The first-order valence-electron chi connectivity index (χ1n) is 6.63. The topological polar surface area (TPSA) is 102 Å². The fraction of sp³-hybridized carbons (Fsp3) is 0.462. The Morgan fingerprint density at radius 2 is 2.00 bits per heavy atom. The molecule has 0 fully saturated rings. The highest BCUT2D eigenvalue weighted by molar-refractivity contribution is 7.89. The van der Waals surface area contributed by atoms with Crippen LogP contribution in [0.2, 0.25) is 0 Å². The Morgan fingerprint density at radius 3 is 2.57 bits per heavy atom. The summed E-state index contributed by atoms with van der Waals surface area (Å²) in [5.41, 5.74) is 2.66. The zero-order chi connectivity index (χ0) is 15.8. The molecule has 4 N–H and O–H groups in total. The molecule has 0 aromatic carbocycles. The monoisotopic (exact) mass is 311 g/mol. The summed E-state index contributed by atoms with van der Waals surface area (Å²) >= 11 is 0. The first kappa shape index (κ1) is 15.7. The predicted octanol–water partition coefficient (Wildman–Crippen LogP) is 1.33. The normalized spacial score (nSPS) is 14.3. The van der Waals surface area contributed by atoms with Crippen LogP contribution in [0, 0.1) is 5.41 Å². The minimum Gasteiger partial charge on any atom is -0.306 e. The molecule has 21 heavy (non-hydrogen) atoms. The highest BCUT2D eigenvalue weighted by atomic mass is 32.2. The molecule has 0 spiro atoms. The Kier molecular flexibility index (Phi) is 3.96. The molecule has 7 nitrogen and oxygen atoms in total. The van der Waals surface area contributed by atoms with Crippen molar-refractivity contribution in [3.63, 3.8) is 0 Å². The molecule has 116 valence electrons. The van der Waals surface area contributed by atoms with Gasteiger partial charge < -0.3 is 5.43 Å². The average molecular weight is 311 g/mol. The zero-order valence-electron chi connectivity index (χ0n) is 12.6. The highest BCUT2D eigenvalue weighted by Crippen LogP contribution is 2.25. The van der Waals surface area contributed by atoms with Crippen molar-refractivity contribution in [3.8, 4) is 0 Å². The summed E-state index contributed by atoms with van der Waals surface area (Å²) in [7, 11) is -3.76.